The Morgan fingerprint density at radius 1 is 0.935 bits per heavy atom. The highest BCUT2D eigenvalue weighted by Gasteiger charge is 2.51. The third-order valence-electron chi connectivity index (χ3n) is 7.15. The van der Waals surface area contributed by atoms with Crippen LogP contribution in [0.25, 0.3) is 16.2 Å². The van der Waals surface area contributed by atoms with Gasteiger partial charge in [0.25, 0.3) is 0 Å². The van der Waals surface area contributed by atoms with E-state index in [2.05, 4.69) is 10.3 Å². The van der Waals surface area contributed by atoms with E-state index in [4.69, 9.17) is 0 Å². The third kappa shape index (κ3) is 6.52. The molecule has 1 aliphatic rings. The minimum atomic E-state index is -5.99. The Morgan fingerprint density at radius 3 is 2.15 bits per heavy atom. The first-order chi connectivity index (χ1) is 21.2. The van der Waals surface area contributed by atoms with Crippen LogP contribution in [0.1, 0.15) is 39.7 Å². The number of amides is 2. The van der Waals surface area contributed by atoms with E-state index >= 15 is 0 Å². The lowest BCUT2D eigenvalue weighted by Crippen LogP contribution is -2.48. The summed E-state index contributed by atoms with van der Waals surface area (Å²) in [5, 5.41) is 2.45. The summed E-state index contributed by atoms with van der Waals surface area (Å²) in [5.74, 6) is -2.95. The fourth-order valence-electron chi connectivity index (χ4n) is 5.29. The van der Waals surface area contributed by atoms with Gasteiger partial charge in [0, 0.05) is 41.4 Å². The lowest BCUT2D eigenvalue weighted by atomic mass is 9.93. The zero-order valence-corrected chi connectivity index (χ0v) is 23.9. The molecule has 0 unspecified atom stereocenters. The van der Waals surface area contributed by atoms with E-state index in [1.165, 1.54) is 16.2 Å². The van der Waals surface area contributed by atoms with Crippen molar-refractivity contribution in [3.8, 4) is 11.3 Å². The first kappa shape index (κ1) is 33.2. The molecule has 6 nitrogen and oxygen atoms in total. The standard InChI is InChI=1S/C28H19F11N4O2S/c1-12(40-21(44)8-13-6-14(29)9-15(30)7-13)24(45)42-5-4-19-20(11-42)46-25-41-18(10-43(19)25)16-2-3-17(26(31,32)33)23(28(37,38)39)22(16)27(34,35)36/h2-3,6-7,9-10,12H,4-5,8,11H2,1H3,(H,40,44)/t12-/m1/s1. The number of halogens is 11. The van der Waals surface area contributed by atoms with Gasteiger partial charge in [-0.25, -0.2) is 13.8 Å². The second-order valence-electron chi connectivity index (χ2n) is 10.4. The van der Waals surface area contributed by atoms with E-state index in [1.807, 2.05) is 0 Å². The fraction of sp³-hybridized carbons (Fsp3) is 0.321. The predicted molar refractivity (Wildman–Crippen MR) is 140 cm³/mol. The van der Waals surface area contributed by atoms with Gasteiger partial charge in [-0.1, -0.05) is 17.4 Å². The summed E-state index contributed by atoms with van der Waals surface area (Å²) in [6.45, 7) is 1.44. The summed E-state index contributed by atoms with van der Waals surface area (Å²) in [7, 11) is 0. The Kier molecular flexibility index (Phi) is 8.32. The van der Waals surface area contributed by atoms with E-state index in [0.717, 1.165) is 29.7 Å². The number of benzene rings is 2. The molecule has 0 fully saturated rings. The van der Waals surface area contributed by atoms with Gasteiger partial charge in [-0.3, -0.25) is 14.0 Å². The molecule has 18 heteroatoms. The topological polar surface area (TPSA) is 66.7 Å². The molecule has 3 heterocycles. The van der Waals surface area contributed by atoms with Gasteiger partial charge in [0.2, 0.25) is 11.8 Å². The lowest BCUT2D eigenvalue weighted by Gasteiger charge is -2.29. The maximum atomic E-state index is 14.0. The van der Waals surface area contributed by atoms with E-state index in [1.54, 1.807) is 0 Å². The van der Waals surface area contributed by atoms with Gasteiger partial charge in [-0.2, -0.15) is 39.5 Å². The highest BCUT2D eigenvalue weighted by Crippen LogP contribution is 2.50. The number of fused-ring (bicyclic) bond motifs is 3. The third-order valence-corrected chi connectivity index (χ3v) is 8.24. The van der Waals surface area contributed by atoms with Crippen molar-refractivity contribution in [1.82, 2.24) is 19.6 Å². The molecule has 46 heavy (non-hydrogen) atoms. The molecule has 1 aliphatic heterocycles. The molecule has 0 radical (unpaired) electrons. The number of hydrogen-bond acceptors (Lipinski definition) is 4. The molecular weight excluding hydrogens is 665 g/mol. The van der Waals surface area contributed by atoms with Crippen LogP contribution in [0.5, 0.6) is 0 Å². The maximum absolute atomic E-state index is 14.0. The van der Waals surface area contributed by atoms with Crippen molar-refractivity contribution in [2.45, 2.75) is 50.9 Å². The summed E-state index contributed by atoms with van der Waals surface area (Å²) in [4.78, 5) is 31.3. The van der Waals surface area contributed by atoms with Crippen LogP contribution in [-0.4, -0.2) is 38.7 Å². The Hall–Kier alpha value is -4.22. The first-order valence-electron chi connectivity index (χ1n) is 13.2. The fourth-order valence-corrected chi connectivity index (χ4v) is 6.46. The number of imidazole rings is 1. The zero-order valence-electron chi connectivity index (χ0n) is 23.1. The van der Waals surface area contributed by atoms with Crippen LogP contribution in [-0.2, 0) is 47.5 Å². The first-order valence-corrected chi connectivity index (χ1v) is 14.0. The van der Waals surface area contributed by atoms with Gasteiger partial charge < -0.3 is 10.2 Å². The molecule has 0 bridgehead atoms. The average molecular weight is 685 g/mol. The molecular formula is C28H19F11N4O2S. The number of aromatic nitrogens is 2. The van der Waals surface area contributed by atoms with Crippen molar-refractivity contribution in [2.75, 3.05) is 6.54 Å². The number of carbonyl (C=O) groups excluding carboxylic acids is 2. The van der Waals surface area contributed by atoms with Crippen LogP contribution in [0.4, 0.5) is 48.3 Å². The van der Waals surface area contributed by atoms with E-state index < -0.39 is 82.4 Å². The predicted octanol–water partition coefficient (Wildman–Crippen LogP) is 7.03. The van der Waals surface area contributed by atoms with Crippen molar-refractivity contribution in [1.29, 1.82) is 0 Å². The molecule has 0 aliphatic carbocycles. The summed E-state index contributed by atoms with van der Waals surface area (Å²) in [5.41, 5.74) is -9.14. The number of rotatable bonds is 5. The van der Waals surface area contributed by atoms with Gasteiger partial charge in [-0.15, -0.1) is 0 Å². The van der Waals surface area contributed by atoms with Crippen LogP contribution >= 0.6 is 11.3 Å². The van der Waals surface area contributed by atoms with Gasteiger partial charge in [0.05, 0.1) is 35.3 Å². The molecule has 1 N–H and O–H groups in total. The van der Waals surface area contributed by atoms with Crippen LogP contribution in [0, 0.1) is 11.6 Å². The SMILES string of the molecule is C[C@@H](NC(=O)Cc1cc(F)cc(F)c1)C(=O)N1CCc2c(sc3nc(-c4ccc(C(F)(F)F)c(C(F)(F)F)c4C(F)(F)F)cn23)C1. The molecule has 0 saturated heterocycles. The number of nitrogens with one attached hydrogen (secondary N) is 1. The number of thiazole rings is 1. The van der Waals surface area contributed by atoms with E-state index in [0.29, 0.717) is 22.7 Å². The van der Waals surface area contributed by atoms with Crippen LogP contribution in [0.3, 0.4) is 0 Å². The summed E-state index contributed by atoms with van der Waals surface area (Å²) in [6, 6.07) is 1.77. The van der Waals surface area contributed by atoms with Gasteiger partial charge in [0.15, 0.2) is 4.96 Å². The van der Waals surface area contributed by atoms with Crippen LogP contribution in [0.2, 0.25) is 0 Å². The van der Waals surface area contributed by atoms with Crippen LogP contribution < -0.4 is 5.32 Å². The lowest BCUT2D eigenvalue weighted by molar-refractivity contribution is -0.174. The molecule has 1 atom stereocenters. The highest BCUT2D eigenvalue weighted by molar-refractivity contribution is 7.17. The van der Waals surface area contributed by atoms with Crippen LogP contribution in [0.15, 0.2) is 36.5 Å². The second-order valence-corrected chi connectivity index (χ2v) is 11.5. The molecule has 2 aromatic carbocycles. The Labute approximate surface area is 255 Å². The molecule has 5 rings (SSSR count). The summed E-state index contributed by atoms with van der Waals surface area (Å²) in [6.07, 6.45) is -16.8. The number of alkyl halides is 9. The minimum absolute atomic E-state index is 0.0147. The average Bonchev–Trinajstić information content (AvgIpc) is 3.47. The van der Waals surface area contributed by atoms with Crippen molar-refractivity contribution >= 4 is 28.1 Å². The van der Waals surface area contributed by atoms with Gasteiger partial charge in [0.1, 0.15) is 17.7 Å². The van der Waals surface area contributed by atoms with E-state index in [-0.39, 0.29) is 36.1 Å². The second kappa shape index (κ2) is 11.5. The smallest absolute Gasteiger partial charge is 0.344 e. The summed E-state index contributed by atoms with van der Waals surface area (Å²) < 4.78 is 151. The molecule has 4 aromatic rings. The number of nitrogens with zero attached hydrogens (tertiary/aromatic N) is 3. The van der Waals surface area contributed by atoms with Gasteiger partial charge in [-0.05, 0) is 30.7 Å². The summed E-state index contributed by atoms with van der Waals surface area (Å²) >= 11 is 0.913. The highest BCUT2D eigenvalue weighted by atomic mass is 32.1. The Morgan fingerprint density at radius 2 is 1.57 bits per heavy atom. The van der Waals surface area contributed by atoms with Gasteiger partial charge >= 0.3 is 18.5 Å². The monoisotopic (exact) mass is 684 g/mol. The molecule has 2 aromatic heterocycles. The molecule has 246 valence electrons. The maximum Gasteiger partial charge on any atom is 0.417 e. The normalized spacial score (nSPS) is 14.8. The quantitative estimate of drug-likeness (QED) is 0.230. The van der Waals surface area contributed by atoms with Crippen molar-refractivity contribution in [2.24, 2.45) is 0 Å². The Bertz CT molecular complexity index is 1820. The number of carbonyl (C=O) groups is 2. The number of hydrogen-bond donors (Lipinski definition) is 1. The molecule has 0 saturated carbocycles. The zero-order chi connectivity index (χ0) is 33.9. The van der Waals surface area contributed by atoms with Crippen molar-refractivity contribution < 1.29 is 57.9 Å². The minimum Gasteiger partial charge on any atom is -0.344 e. The largest absolute Gasteiger partial charge is 0.417 e. The van der Waals surface area contributed by atoms with Crippen molar-refractivity contribution in [3.05, 3.63) is 81.0 Å². The molecule has 0 spiro atoms. The van der Waals surface area contributed by atoms with Crippen molar-refractivity contribution in [3.63, 3.8) is 0 Å². The Balaban J connectivity index is 1.39. The molecule has 2 amide bonds. The van der Waals surface area contributed by atoms with E-state index in [9.17, 15) is 57.9 Å².